The molecule has 0 radical (unpaired) electrons. The van der Waals surface area contributed by atoms with Gasteiger partial charge in [-0.2, -0.15) is 0 Å². The first-order valence-electron chi connectivity index (χ1n) is 9.55. The summed E-state index contributed by atoms with van der Waals surface area (Å²) in [7, 11) is 0. The predicted octanol–water partition coefficient (Wildman–Crippen LogP) is 3.86. The van der Waals surface area contributed by atoms with E-state index in [4.69, 9.17) is 5.73 Å². The third kappa shape index (κ3) is 4.07. The Labute approximate surface area is 177 Å². The Bertz CT molecular complexity index is 1080. The maximum absolute atomic E-state index is 14.2. The quantitative estimate of drug-likeness (QED) is 0.607. The number of nitrogens with zero attached hydrogens (tertiary/aromatic N) is 4. The molecule has 2 aromatic heterocycles. The molecule has 0 bridgehead atoms. The fourth-order valence-electron chi connectivity index (χ4n) is 3.49. The van der Waals surface area contributed by atoms with E-state index in [1.54, 1.807) is 30.6 Å². The zero-order chi connectivity index (χ0) is 21.1. The SMILES string of the molecule is C=Nc1sc(-c2ccccc2F)nc1C(=O)Nc1cnccc1N1CCCC(N)C1. The van der Waals surface area contributed by atoms with Crippen LogP contribution in [0.1, 0.15) is 23.3 Å². The molecule has 7 nitrogen and oxygen atoms in total. The molecular formula is C21H21FN6OS. The molecule has 1 unspecified atom stereocenters. The van der Waals surface area contributed by atoms with Crippen LogP contribution in [0, 0.1) is 5.82 Å². The van der Waals surface area contributed by atoms with Crippen molar-refractivity contribution in [2.75, 3.05) is 23.3 Å². The molecule has 1 aliphatic heterocycles. The van der Waals surface area contributed by atoms with Crippen LogP contribution in [-0.4, -0.2) is 41.7 Å². The van der Waals surface area contributed by atoms with E-state index in [0.717, 1.165) is 36.4 Å². The molecule has 3 heterocycles. The zero-order valence-electron chi connectivity index (χ0n) is 16.2. The lowest BCUT2D eigenvalue weighted by Crippen LogP contribution is -2.43. The molecule has 1 aromatic carbocycles. The Morgan fingerprint density at radius 1 is 1.37 bits per heavy atom. The molecule has 1 saturated heterocycles. The second kappa shape index (κ2) is 8.68. The van der Waals surface area contributed by atoms with Crippen molar-refractivity contribution < 1.29 is 9.18 Å². The minimum atomic E-state index is -0.452. The molecule has 0 aliphatic carbocycles. The van der Waals surface area contributed by atoms with Crippen molar-refractivity contribution >= 4 is 40.3 Å². The van der Waals surface area contributed by atoms with E-state index in [1.807, 2.05) is 6.07 Å². The van der Waals surface area contributed by atoms with Crippen LogP contribution in [0.3, 0.4) is 0 Å². The fraction of sp³-hybridized carbons (Fsp3) is 0.238. The number of benzene rings is 1. The third-order valence-corrected chi connectivity index (χ3v) is 5.94. The number of hydrogen-bond acceptors (Lipinski definition) is 7. The van der Waals surface area contributed by atoms with E-state index >= 15 is 0 Å². The van der Waals surface area contributed by atoms with Crippen LogP contribution in [0.2, 0.25) is 0 Å². The number of amides is 1. The highest BCUT2D eigenvalue weighted by atomic mass is 32.1. The van der Waals surface area contributed by atoms with Gasteiger partial charge in [-0.25, -0.2) is 9.37 Å². The lowest BCUT2D eigenvalue weighted by atomic mass is 10.1. The van der Waals surface area contributed by atoms with E-state index < -0.39 is 11.7 Å². The Balaban J connectivity index is 1.62. The van der Waals surface area contributed by atoms with Crippen LogP contribution in [0.4, 0.5) is 20.8 Å². The van der Waals surface area contributed by atoms with Gasteiger partial charge in [-0.3, -0.25) is 14.8 Å². The number of anilines is 2. The molecule has 1 amide bonds. The van der Waals surface area contributed by atoms with Crippen molar-refractivity contribution in [1.29, 1.82) is 0 Å². The van der Waals surface area contributed by atoms with E-state index in [1.165, 1.54) is 6.07 Å². The minimum Gasteiger partial charge on any atom is -0.368 e. The Morgan fingerprint density at radius 2 is 2.20 bits per heavy atom. The molecule has 1 atom stereocenters. The Kier molecular flexibility index (Phi) is 5.82. The number of carbonyl (C=O) groups excluding carboxylic acids is 1. The first-order chi connectivity index (χ1) is 14.6. The van der Waals surface area contributed by atoms with Crippen LogP contribution in [-0.2, 0) is 0 Å². The Hall–Kier alpha value is -3.17. The van der Waals surface area contributed by atoms with Crippen molar-refractivity contribution in [3.8, 4) is 10.6 Å². The van der Waals surface area contributed by atoms with Gasteiger partial charge in [0.05, 0.1) is 17.6 Å². The van der Waals surface area contributed by atoms with E-state index in [-0.39, 0.29) is 11.7 Å². The van der Waals surface area contributed by atoms with Crippen molar-refractivity contribution in [2.24, 2.45) is 10.7 Å². The maximum atomic E-state index is 14.2. The monoisotopic (exact) mass is 424 g/mol. The summed E-state index contributed by atoms with van der Waals surface area (Å²) in [5, 5.41) is 3.57. The van der Waals surface area contributed by atoms with E-state index in [2.05, 4.69) is 31.9 Å². The van der Waals surface area contributed by atoms with E-state index in [9.17, 15) is 9.18 Å². The summed E-state index contributed by atoms with van der Waals surface area (Å²) < 4.78 is 14.2. The number of thiazole rings is 1. The molecule has 30 heavy (non-hydrogen) atoms. The number of aliphatic imine (C=N–C) groups is 1. The van der Waals surface area contributed by atoms with Gasteiger partial charge in [0.1, 0.15) is 15.8 Å². The number of aromatic nitrogens is 2. The van der Waals surface area contributed by atoms with Gasteiger partial charge in [-0.1, -0.05) is 23.5 Å². The lowest BCUT2D eigenvalue weighted by Gasteiger charge is -2.33. The highest BCUT2D eigenvalue weighted by molar-refractivity contribution is 7.19. The summed E-state index contributed by atoms with van der Waals surface area (Å²) in [5.41, 5.74) is 7.94. The summed E-state index contributed by atoms with van der Waals surface area (Å²) >= 11 is 1.11. The van der Waals surface area contributed by atoms with Crippen molar-refractivity contribution in [3.63, 3.8) is 0 Å². The second-order valence-corrected chi connectivity index (χ2v) is 7.98. The number of pyridine rings is 1. The van der Waals surface area contributed by atoms with Crippen LogP contribution in [0.15, 0.2) is 47.7 Å². The standard InChI is InChI=1S/C21H21FN6OS/c1-24-21-18(27-20(30-21)14-6-2-3-7-15(14)22)19(29)26-16-11-25-9-8-17(16)28-10-4-5-13(23)12-28/h2-3,6-9,11,13H,1,4-5,10,12,23H2,(H,26,29). The van der Waals surface area contributed by atoms with Gasteiger partial charge in [0.2, 0.25) is 0 Å². The molecule has 1 fully saturated rings. The number of halogens is 1. The lowest BCUT2D eigenvalue weighted by molar-refractivity contribution is 0.102. The van der Waals surface area contributed by atoms with Crippen molar-refractivity contribution in [2.45, 2.75) is 18.9 Å². The van der Waals surface area contributed by atoms with Gasteiger partial charge in [-0.15, -0.1) is 0 Å². The highest BCUT2D eigenvalue weighted by Crippen LogP contribution is 2.36. The molecule has 3 N–H and O–H groups in total. The van der Waals surface area contributed by atoms with Crippen LogP contribution >= 0.6 is 11.3 Å². The smallest absolute Gasteiger partial charge is 0.277 e. The highest BCUT2D eigenvalue weighted by Gasteiger charge is 2.23. The van der Waals surface area contributed by atoms with Gasteiger partial charge in [0.25, 0.3) is 5.91 Å². The summed E-state index contributed by atoms with van der Waals surface area (Å²) in [4.78, 5) is 27.5. The molecule has 1 aliphatic rings. The summed E-state index contributed by atoms with van der Waals surface area (Å²) in [6, 6.07) is 8.22. The number of hydrogen-bond donors (Lipinski definition) is 2. The summed E-state index contributed by atoms with van der Waals surface area (Å²) in [6.07, 6.45) is 5.24. The minimum absolute atomic E-state index is 0.0916. The average Bonchev–Trinajstić information content (AvgIpc) is 3.19. The van der Waals surface area contributed by atoms with Gasteiger partial charge in [0.15, 0.2) is 5.69 Å². The molecule has 3 aromatic rings. The summed E-state index contributed by atoms with van der Waals surface area (Å²) in [6.45, 7) is 5.09. The van der Waals surface area contributed by atoms with Gasteiger partial charge in [0, 0.05) is 30.9 Å². The third-order valence-electron chi connectivity index (χ3n) is 4.92. The largest absolute Gasteiger partial charge is 0.368 e. The number of piperidine rings is 1. The molecule has 154 valence electrons. The number of rotatable bonds is 5. The first kappa shape index (κ1) is 20.1. The van der Waals surface area contributed by atoms with Crippen molar-refractivity contribution in [1.82, 2.24) is 9.97 Å². The normalized spacial score (nSPS) is 16.3. The van der Waals surface area contributed by atoms with Crippen LogP contribution in [0.5, 0.6) is 0 Å². The van der Waals surface area contributed by atoms with Gasteiger partial charge >= 0.3 is 0 Å². The van der Waals surface area contributed by atoms with E-state index in [0.29, 0.717) is 27.8 Å². The fourth-order valence-corrected chi connectivity index (χ4v) is 4.38. The van der Waals surface area contributed by atoms with Crippen LogP contribution < -0.4 is 16.0 Å². The first-order valence-corrected chi connectivity index (χ1v) is 10.4. The molecular weight excluding hydrogens is 403 g/mol. The molecule has 4 rings (SSSR count). The van der Waals surface area contributed by atoms with Gasteiger partial charge in [-0.05, 0) is 37.8 Å². The molecule has 9 heteroatoms. The average molecular weight is 425 g/mol. The number of carbonyl (C=O) groups is 1. The van der Waals surface area contributed by atoms with Gasteiger partial charge < -0.3 is 16.0 Å². The van der Waals surface area contributed by atoms with Crippen LogP contribution in [0.25, 0.3) is 10.6 Å². The maximum Gasteiger partial charge on any atom is 0.277 e. The number of nitrogens with two attached hydrogens (primary N) is 1. The number of nitrogens with one attached hydrogen (secondary N) is 1. The van der Waals surface area contributed by atoms with Crippen molar-refractivity contribution in [3.05, 3.63) is 54.2 Å². The topological polar surface area (TPSA) is 96.5 Å². The zero-order valence-corrected chi connectivity index (χ0v) is 17.0. The summed E-state index contributed by atoms with van der Waals surface area (Å²) in [5.74, 6) is -0.864. The molecule has 0 saturated carbocycles. The Morgan fingerprint density at radius 3 is 2.97 bits per heavy atom. The molecule has 0 spiro atoms. The second-order valence-electron chi connectivity index (χ2n) is 7.01. The predicted molar refractivity (Wildman–Crippen MR) is 118 cm³/mol.